The van der Waals surface area contributed by atoms with Crippen molar-refractivity contribution >= 4 is 34.8 Å². The van der Waals surface area contributed by atoms with Crippen LogP contribution in [-0.4, -0.2) is 18.4 Å². The van der Waals surface area contributed by atoms with Gasteiger partial charge in [-0.3, -0.25) is 9.59 Å². The highest BCUT2D eigenvalue weighted by Crippen LogP contribution is 2.17. The van der Waals surface area contributed by atoms with Crippen LogP contribution >= 0.6 is 22.9 Å². The van der Waals surface area contributed by atoms with E-state index in [1.165, 1.54) is 11.3 Å². The standard InChI is InChI=1S/C17H19ClN2O2S/c1-12(13-4-2-5-15(18)10-13)20-16(21)6-3-8-19-17(22)14-7-9-23-11-14/h2,4-5,7,9-12H,3,6,8H2,1H3,(H,19,22)(H,20,21). The molecule has 6 heteroatoms. The van der Waals surface area contributed by atoms with Crippen LogP contribution in [0.15, 0.2) is 41.1 Å². The van der Waals surface area contributed by atoms with Crippen molar-refractivity contribution in [2.45, 2.75) is 25.8 Å². The largest absolute Gasteiger partial charge is 0.352 e. The first-order chi connectivity index (χ1) is 11.1. The van der Waals surface area contributed by atoms with E-state index in [1.54, 1.807) is 17.5 Å². The van der Waals surface area contributed by atoms with Gasteiger partial charge in [-0.1, -0.05) is 23.7 Å². The van der Waals surface area contributed by atoms with E-state index in [1.807, 2.05) is 30.5 Å². The lowest BCUT2D eigenvalue weighted by molar-refractivity contribution is -0.121. The number of hydrogen-bond donors (Lipinski definition) is 2. The number of carbonyl (C=O) groups excluding carboxylic acids is 2. The first-order valence-electron chi connectivity index (χ1n) is 7.41. The minimum absolute atomic E-state index is 0.0396. The normalized spacial score (nSPS) is 11.7. The van der Waals surface area contributed by atoms with Crippen LogP contribution in [-0.2, 0) is 4.79 Å². The van der Waals surface area contributed by atoms with Crippen LogP contribution < -0.4 is 10.6 Å². The van der Waals surface area contributed by atoms with Crippen molar-refractivity contribution in [3.05, 3.63) is 57.2 Å². The zero-order valence-corrected chi connectivity index (χ0v) is 14.4. The van der Waals surface area contributed by atoms with E-state index in [4.69, 9.17) is 11.6 Å². The van der Waals surface area contributed by atoms with Gasteiger partial charge in [-0.15, -0.1) is 0 Å². The molecule has 0 saturated heterocycles. The van der Waals surface area contributed by atoms with Gasteiger partial charge in [0.25, 0.3) is 5.91 Å². The Morgan fingerprint density at radius 1 is 1.30 bits per heavy atom. The van der Waals surface area contributed by atoms with E-state index in [0.29, 0.717) is 30.0 Å². The van der Waals surface area contributed by atoms with E-state index in [0.717, 1.165) is 5.56 Å². The number of hydrogen-bond acceptors (Lipinski definition) is 3. The van der Waals surface area contributed by atoms with Gasteiger partial charge in [0.1, 0.15) is 0 Å². The maximum Gasteiger partial charge on any atom is 0.252 e. The first kappa shape index (κ1) is 17.5. The van der Waals surface area contributed by atoms with Crippen LogP contribution in [0.25, 0.3) is 0 Å². The van der Waals surface area contributed by atoms with Crippen LogP contribution in [0, 0.1) is 0 Å². The van der Waals surface area contributed by atoms with Gasteiger partial charge in [-0.05, 0) is 42.5 Å². The molecule has 1 aromatic heterocycles. The Morgan fingerprint density at radius 3 is 2.83 bits per heavy atom. The second-order valence-corrected chi connectivity index (χ2v) is 6.43. The van der Waals surface area contributed by atoms with E-state index in [-0.39, 0.29) is 17.9 Å². The Morgan fingerprint density at radius 2 is 2.13 bits per heavy atom. The molecular weight excluding hydrogens is 332 g/mol. The van der Waals surface area contributed by atoms with Gasteiger partial charge < -0.3 is 10.6 Å². The molecule has 2 N–H and O–H groups in total. The van der Waals surface area contributed by atoms with Crippen molar-refractivity contribution < 1.29 is 9.59 Å². The smallest absolute Gasteiger partial charge is 0.252 e. The molecule has 1 unspecified atom stereocenters. The Kier molecular flexibility index (Phi) is 6.62. The van der Waals surface area contributed by atoms with Gasteiger partial charge in [0, 0.05) is 28.9 Å². The molecule has 0 bridgehead atoms. The molecule has 23 heavy (non-hydrogen) atoms. The predicted octanol–water partition coefficient (Wildman–Crippen LogP) is 3.79. The highest BCUT2D eigenvalue weighted by Gasteiger charge is 2.10. The van der Waals surface area contributed by atoms with Gasteiger partial charge in [-0.25, -0.2) is 0 Å². The van der Waals surface area contributed by atoms with Crippen molar-refractivity contribution in [3.8, 4) is 0 Å². The molecule has 2 amide bonds. The van der Waals surface area contributed by atoms with Gasteiger partial charge in [0.15, 0.2) is 0 Å². The molecule has 0 saturated carbocycles. The van der Waals surface area contributed by atoms with E-state index in [2.05, 4.69) is 10.6 Å². The average molecular weight is 351 g/mol. The van der Waals surface area contributed by atoms with Crippen molar-refractivity contribution in [2.24, 2.45) is 0 Å². The number of halogens is 1. The fourth-order valence-corrected chi connectivity index (χ4v) is 2.95. The van der Waals surface area contributed by atoms with E-state index in [9.17, 15) is 9.59 Å². The van der Waals surface area contributed by atoms with Crippen molar-refractivity contribution in [2.75, 3.05) is 6.54 Å². The second-order valence-electron chi connectivity index (χ2n) is 5.22. The fraction of sp³-hybridized carbons (Fsp3) is 0.294. The molecule has 0 radical (unpaired) electrons. The minimum atomic E-state index is -0.0982. The maximum absolute atomic E-state index is 11.9. The van der Waals surface area contributed by atoms with Gasteiger partial charge in [0.05, 0.1) is 6.04 Å². The summed E-state index contributed by atoms with van der Waals surface area (Å²) in [5, 5.41) is 10.0. The molecule has 1 atom stereocenters. The Bertz CT molecular complexity index is 658. The Labute approximate surface area is 144 Å². The summed E-state index contributed by atoms with van der Waals surface area (Å²) in [5.74, 6) is -0.138. The quantitative estimate of drug-likeness (QED) is 0.746. The molecule has 2 aromatic rings. The lowest BCUT2D eigenvalue weighted by Gasteiger charge is -2.14. The van der Waals surface area contributed by atoms with Crippen LogP contribution in [0.2, 0.25) is 5.02 Å². The van der Waals surface area contributed by atoms with Gasteiger partial charge in [-0.2, -0.15) is 11.3 Å². The number of thiophene rings is 1. The third-order valence-corrected chi connectivity index (χ3v) is 4.29. The van der Waals surface area contributed by atoms with Gasteiger partial charge in [0.2, 0.25) is 5.91 Å². The SMILES string of the molecule is CC(NC(=O)CCCNC(=O)c1ccsc1)c1cccc(Cl)c1. The molecule has 1 aromatic carbocycles. The zero-order chi connectivity index (χ0) is 16.7. The predicted molar refractivity (Wildman–Crippen MR) is 93.9 cm³/mol. The van der Waals surface area contributed by atoms with E-state index >= 15 is 0 Å². The summed E-state index contributed by atoms with van der Waals surface area (Å²) in [7, 11) is 0. The summed E-state index contributed by atoms with van der Waals surface area (Å²) in [6.45, 7) is 2.40. The summed E-state index contributed by atoms with van der Waals surface area (Å²) in [5.41, 5.74) is 1.63. The highest BCUT2D eigenvalue weighted by atomic mass is 35.5. The number of benzene rings is 1. The summed E-state index contributed by atoms with van der Waals surface area (Å²) in [4.78, 5) is 23.7. The van der Waals surface area contributed by atoms with Gasteiger partial charge >= 0.3 is 0 Å². The molecule has 0 aliphatic rings. The molecule has 0 aliphatic carbocycles. The summed E-state index contributed by atoms with van der Waals surface area (Å²) in [6.07, 6.45) is 0.971. The van der Waals surface area contributed by atoms with Crippen LogP contribution in [0.1, 0.15) is 41.7 Å². The number of nitrogens with one attached hydrogen (secondary N) is 2. The maximum atomic E-state index is 11.9. The van der Waals surface area contributed by atoms with E-state index < -0.39 is 0 Å². The lowest BCUT2D eigenvalue weighted by Crippen LogP contribution is -2.28. The monoisotopic (exact) mass is 350 g/mol. The molecule has 0 fully saturated rings. The molecule has 1 heterocycles. The summed E-state index contributed by atoms with van der Waals surface area (Å²) < 4.78 is 0. The lowest BCUT2D eigenvalue weighted by atomic mass is 10.1. The van der Waals surface area contributed by atoms with Crippen molar-refractivity contribution in [3.63, 3.8) is 0 Å². The zero-order valence-electron chi connectivity index (χ0n) is 12.8. The average Bonchev–Trinajstić information content (AvgIpc) is 3.06. The molecule has 122 valence electrons. The Hall–Kier alpha value is -1.85. The fourth-order valence-electron chi connectivity index (χ4n) is 2.12. The molecule has 2 rings (SSSR count). The highest BCUT2D eigenvalue weighted by molar-refractivity contribution is 7.08. The number of carbonyl (C=O) groups is 2. The third kappa shape index (κ3) is 5.69. The molecular formula is C17H19ClN2O2S. The summed E-state index contributed by atoms with van der Waals surface area (Å²) in [6, 6.07) is 9.11. The summed E-state index contributed by atoms with van der Waals surface area (Å²) >= 11 is 7.43. The minimum Gasteiger partial charge on any atom is -0.352 e. The number of rotatable bonds is 7. The van der Waals surface area contributed by atoms with Crippen LogP contribution in [0.5, 0.6) is 0 Å². The Balaban J connectivity index is 1.68. The molecule has 0 aliphatic heterocycles. The van der Waals surface area contributed by atoms with Crippen molar-refractivity contribution in [1.82, 2.24) is 10.6 Å². The molecule has 4 nitrogen and oxygen atoms in total. The van der Waals surface area contributed by atoms with Crippen molar-refractivity contribution in [1.29, 1.82) is 0 Å². The topological polar surface area (TPSA) is 58.2 Å². The second kappa shape index (κ2) is 8.70. The third-order valence-electron chi connectivity index (χ3n) is 3.38. The van der Waals surface area contributed by atoms with Crippen LogP contribution in [0.4, 0.5) is 0 Å². The van der Waals surface area contributed by atoms with Crippen LogP contribution in [0.3, 0.4) is 0 Å². The number of amides is 2. The first-order valence-corrected chi connectivity index (χ1v) is 8.73. The molecule has 0 spiro atoms.